The van der Waals surface area contributed by atoms with Crippen LogP contribution in [0.1, 0.15) is 36.5 Å². The van der Waals surface area contributed by atoms with Gasteiger partial charge in [0.15, 0.2) is 0 Å². The van der Waals surface area contributed by atoms with Crippen molar-refractivity contribution in [2.24, 2.45) is 11.8 Å². The molecule has 2 unspecified atom stereocenters. The lowest BCUT2D eigenvalue weighted by Gasteiger charge is -2.17. The molecule has 0 aromatic carbocycles. The summed E-state index contributed by atoms with van der Waals surface area (Å²) in [6.07, 6.45) is 5.39. The Kier molecular flexibility index (Phi) is 4.24. The van der Waals surface area contributed by atoms with Gasteiger partial charge in [-0.25, -0.2) is 9.78 Å². The van der Waals surface area contributed by atoms with Gasteiger partial charge in [-0.1, -0.05) is 19.8 Å². The van der Waals surface area contributed by atoms with Gasteiger partial charge in [-0.2, -0.15) is 0 Å². The zero-order valence-corrected chi connectivity index (χ0v) is 11.5. The molecule has 1 saturated carbocycles. The van der Waals surface area contributed by atoms with Crippen molar-refractivity contribution in [2.75, 3.05) is 24.7 Å². The molecular formula is C14H21N3O2. The second-order valence-electron chi connectivity index (χ2n) is 5.16. The minimum atomic E-state index is -0.433. The van der Waals surface area contributed by atoms with Crippen LogP contribution in [0.25, 0.3) is 0 Å². The predicted octanol–water partition coefficient (Wildman–Crippen LogP) is 2.30. The summed E-state index contributed by atoms with van der Waals surface area (Å²) >= 11 is 0. The Balaban J connectivity index is 2.06. The van der Waals surface area contributed by atoms with Crippen molar-refractivity contribution in [1.82, 2.24) is 4.98 Å². The molecular weight excluding hydrogens is 242 g/mol. The lowest BCUT2D eigenvalue weighted by Crippen LogP contribution is -2.18. The van der Waals surface area contributed by atoms with Gasteiger partial charge >= 0.3 is 5.97 Å². The van der Waals surface area contributed by atoms with Crippen molar-refractivity contribution in [3.8, 4) is 0 Å². The van der Waals surface area contributed by atoms with Gasteiger partial charge in [0, 0.05) is 12.7 Å². The molecule has 2 rings (SSSR count). The van der Waals surface area contributed by atoms with Gasteiger partial charge in [0.25, 0.3) is 0 Å². The summed E-state index contributed by atoms with van der Waals surface area (Å²) in [5.41, 5.74) is 6.68. The van der Waals surface area contributed by atoms with Crippen molar-refractivity contribution < 1.29 is 9.53 Å². The molecule has 5 nitrogen and oxygen atoms in total. The Labute approximate surface area is 113 Å². The third-order valence-corrected chi connectivity index (χ3v) is 3.97. The number of nitrogens with zero attached hydrogens (tertiary/aromatic N) is 1. The van der Waals surface area contributed by atoms with E-state index in [0.717, 1.165) is 12.5 Å². The van der Waals surface area contributed by atoms with Crippen molar-refractivity contribution in [2.45, 2.75) is 26.2 Å². The zero-order valence-electron chi connectivity index (χ0n) is 11.5. The normalized spacial score (nSPS) is 22.2. The number of carbonyl (C=O) groups excluding carboxylic acids is 1. The fourth-order valence-corrected chi connectivity index (χ4v) is 2.66. The second-order valence-corrected chi connectivity index (χ2v) is 5.16. The van der Waals surface area contributed by atoms with Crippen molar-refractivity contribution >= 4 is 17.5 Å². The van der Waals surface area contributed by atoms with Crippen LogP contribution < -0.4 is 11.1 Å². The number of nitrogens with two attached hydrogens (primary N) is 1. The van der Waals surface area contributed by atoms with Crippen molar-refractivity contribution in [1.29, 1.82) is 0 Å². The SMILES string of the molecule is COC(=O)c1ccnc(NCC2CCCC2C)c1N. The number of methoxy groups -OCH3 is 1. The van der Waals surface area contributed by atoms with Crippen LogP contribution in [0, 0.1) is 11.8 Å². The van der Waals surface area contributed by atoms with E-state index in [1.807, 2.05) is 0 Å². The Morgan fingerprint density at radius 3 is 3.00 bits per heavy atom. The topological polar surface area (TPSA) is 77.2 Å². The van der Waals surface area contributed by atoms with Gasteiger partial charge in [-0.3, -0.25) is 0 Å². The molecule has 1 fully saturated rings. The molecule has 0 aliphatic heterocycles. The maximum atomic E-state index is 11.5. The number of anilines is 2. The number of esters is 1. The zero-order chi connectivity index (χ0) is 13.8. The molecule has 1 aromatic heterocycles. The first-order chi connectivity index (χ1) is 9.13. The molecule has 2 atom stereocenters. The van der Waals surface area contributed by atoms with Crippen LogP contribution in [-0.2, 0) is 4.74 Å². The van der Waals surface area contributed by atoms with E-state index in [-0.39, 0.29) is 0 Å². The molecule has 0 radical (unpaired) electrons. The van der Waals surface area contributed by atoms with E-state index in [1.165, 1.54) is 26.4 Å². The largest absolute Gasteiger partial charge is 0.465 e. The molecule has 19 heavy (non-hydrogen) atoms. The van der Waals surface area contributed by atoms with Gasteiger partial charge in [0.1, 0.15) is 5.82 Å². The molecule has 1 aromatic rings. The highest BCUT2D eigenvalue weighted by molar-refractivity contribution is 5.97. The first-order valence-corrected chi connectivity index (χ1v) is 6.70. The number of pyridine rings is 1. The fraction of sp³-hybridized carbons (Fsp3) is 0.571. The van der Waals surface area contributed by atoms with Crippen LogP contribution in [0.4, 0.5) is 11.5 Å². The average Bonchev–Trinajstić information content (AvgIpc) is 2.82. The first-order valence-electron chi connectivity index (χ1n) is 6.70. The monoisotopic (exact) mass is 263 g/mol. The summed E-state index contributed by atoms with van der Waals surface area (Å²) in [6, 6.07) is 1.57. The molecule has 0 bridgehead atoms. The number of hydrogen-bond donors (Lipinski definition) is 2. The van der Waals surface area contributed by atoms with Gasteiger partial charge in [0.05, 0.1) is 18.4 Å². The molecule has 1 heterocycles. The van der Waals surface area contributed by atoms with Gasteiger partial charge in [0.2, 0.25) is 0 Å². The lowest BCUT2D eigenvalue weighted by atomic mass is 9.98. The van der Waals surface area contributed by atoms with Crippen LogP contribution in [0.3, 0.4) is 0 Å². The molecule has 5 heteroatoms. The van der Waals surface area contributed by atoms with E-state index in [2.05, 4.69) is 17.2 Å². The summed E-state index contributed by atoms with van der Waals surface area (Å²) in [5, 5.41) is 3.26. The average molecular weight is 263 g/mol. The summed E-state index contributed by atoms with van der Waals surface area (Å²) < 4.78 is 4.69. The minimum absolute atomic E-state index is 0.361. The highest BCUT2D eigenvalue weighted by Gasteiger charge is 2.23. The van der Waals surface area contributed by atoms with E-state index in [0.29, 0.717) is 23.0 Å². The molecule has 3 N–H and O–H groups in total. The van der Waals surface area contributed by atoms with Crippen molar-refractivity contribution in [3.63, 3.8) is 0 Å². The van der Waals surface area contributed by atoms with E-state index in [9.17, 15) is 4.79 Å². The summed E-state index contributed by atoms with van der Waals surface area (Å²) in [5.74, 6) is 1.53. The number of nitrogens with one attached hydrogen (secondary N) is 1. The Hall–Kier alpha value is -1.78. The molecule has 0 spiro atoms. The number of nitrogen functional groups attached to an aromatic ring is 1. The van der Waals surface area contributed by atoms with Crippen LogP contribution >= 0.6 is 0 Å². The minimum Gasteiger partial charge on any atom is -0.465 e. The Morgan fingerprint density at radius 2 is 2.37 bits per heavy atom. The predicted molar refractivity (Wildman–Crippen MR) is 75.0 cm³/mol. The molecule has 1 aliphatic carbocycles. The van der Waals surface area contributed by atoms with Gasteiger partial charge in [-0.15, -0.1) is 0 Å². The summed E-state index contributed by atoms with van der Waals surface area (Å²) in [7, 11) is 1.34. The van der Waals surface area contributed by atoms with Gasteiger partial charge in [-0.05, 0) is 24.3 Å². The summed E-state index contributed by atoms with van der Waals surface area (Å²) in [6.45, 7) is 3.13. The maximum Gasteiger partial charge on any atom is 0.340 e. The Bertz CT molecular complexity index is 462. The number of carbonyl (C=O) groups is 1. The standard InChI is InChI=1S/C14H21N3O2/c1-9-4-3-5-10(9)8-17-13-12(15)11(6-7-16-13)14(18)19-2/h6-7,9-10H,3-5,8,15H2,1-2H3,(H,16,17). The third kappa shape index (κ3) is 2.97. The van der Waals surface area contributed by atoms with Crippen molar-refractivity contribution in [3.05, 3.63) is 17.8 Å². The smallest absolute Gasteiger partial charge is 0.340 e. The number of hydrogen-bond acceptors (Lipinski definition) is 5. The Morgan fingerprint density at radius 1 is 1.58 bits per heavy atom. The van der Waals surface area contributed by atoms with Gasteiger partial charge < -0.3 is 15.8 Å². The third-order valence-electron chi connectivity index (χ3n) is 3.97. The number of ether oxygens (including phenoxy) is 1. The van der Waals surface area contributed by atoms with E-state index in [4.69, 9.17) is 10.5 Å². The summed E-state index contributed by atoms with van der Waals surface area (Å²) in [4.78, 5) is 15.7. The quantitative estimate of drug-likeness (QED) is 0.815. The molecule has 104 valence electrons. The van der Waals surface area contributed by atoms with E-state index in [1.54, 1.807) is 12.3 Å². The number of rotatable bonds is 4. The van der Waals surface area contributed by atoms with E-state index >= 15 is 0 Å². The van der Waals surface area contributed by atoms with Crippen LogP contribution in [0.5, 0.6) is 0 Å². The first kappa shape index (κ1) is 13.6. The van der Waals surface area contributed by atoms with Crippen LogP contribution in [0.15, 0.2) is 12.3 Å². The second kappa shape index (κ2) is 5.91. The fourth-order valence-electron chi connectivity index (χ4n) is 2.66. The lowest BCUT2D eigenvalue weighted by molar-refractivity contribution is 0.0602. The van der Waals surface area contributed by atoms with Crippen LogP contribution in [-0.4, -0.2) is 24.6 Å². The number of aromatic nitrogens is 1. The van der Waals surface area contributed by atoms with Crippen LogP contribution in [0.2, 0.25) is 0 Å². The maximum absolute atomic E-state index is 11.5. The molecule has 1 aliphatic rings. The van der Waals surface area contributed by atoms with E-state index < -0.39 is 5.97 Å². The highest BCUT2D eigenvalue weighted by Crippen LogP contribution is 2.31. The molecule has 0 amide bonds. The highest BCUT2D eigenvalue weighted by atomic mass is 16.5. The molecule has 0 saturated heterocycles.